The number of hydrogen-bond acceptors (Lipinski definition) is 6. The van der Waals surface area contributed by atoms with E-state index in [0.717, 1.165) is 16.9 Å². The van der Waals surface area contributed by atoms with Gasteiger partial charge in [0.2, 0.25) is 11.8 Å². The molecule has 8 heteroatoms. The van der Waals surface area contributed by atoms with E-state index in [1.54, 1.807) is 24.0 Å². The van der Waals surface area contributed by atoms with Crippen LogP contribution in [0.1, 0.15) is 17.8 Å². The fourth-order valence-electron chi connectivity index (χ4n) is 3.78. The van der Waals surface area contributed by atoms with Gasteiger partial charge in [0.25, 0.3) is 5.89 Å². The third kappa shape index (κ3) is 4.96. The van der Waals surface area contributed by atoms with Crippen molar-refractivity contribution in [3.8, 4) is 17.2 Å². The summed E-state index contributed by atoms with van der Waals surface area (Å²) in [7, 11) is 3.36. The lowest BCUT2D eigenvalue weighted by atomic mass is 10.1. The van der Waals surface area contributed by atoms with Crippen LogP contribution in [0.25, 0.3) is 11.5 Å². The number of methoxy groups -OCH3 is 1. The second-order valence-electron chi connectivity index (χ2n) is 7.91. The highest BCUT2D eigenvalue weighted by atomic mass is 16.5. The number of likely N-dealkylation sites (N-methyl/N-ethyl adjacent to an activating group) is 1. The Morgan fingerprint density at radius 2 is 1.94 bits per heavy atom. The monoisotopic (exact) mass is 434 g/mol. The molecule has 0 spiro atoms. The van der Waals surface area contributed by atoms with E-state index in [-0.39, 0.29) is 24.2 Å². The molecule has 2 aromatic carbocycles. The van der Waals surface area contributed by atoms with E-state index >= 15 is 0 Å². The van der Waals surface area contributed by atoms with Crippen LogP contribution in [0.2, 0.25) is 0 Å². The van der Waals surface area contributed by atoms with Gasteiger partial charge in [0.05, 0.1) is 13.0 Å². The van der Waals surface area contributed by atoms with Crippen molar-refractivity contribution in [3.63, 3.8) is 0 Å². The Bertz CT molecular complexity index is 1070. The molecule has 32 heavy (non-hydrogen) atoms. The fraction of sp³-hybridized carbons (Fsp3) is 0.333. The van der Waals surface area contributed by atoms with E-state index in [1.807, 2.05) is 54.6 Å². The van der Waals surface area contributed by atoms with Crippen LogP contribution in [-0.4, -0.2) is 59.0 Å². The molecular formula is C24H26N4O4. The van der Waals surface area contributed by atoms with E-state index in [1.165, 1.54) is 0 Å². The van der Waals surface area contributed by atoms with E-state index in [4.69, 9.17) is 9.26 Å². The Balaban J connectivity index is 1.29. The van der Waals surface area contributed by atoms with E-state index in [0.29, 0.717) is 37.8 Å². The summed E-state index contributed by atoms with van der Waals surface area (Å²) in [6.45, 7) is 1.37. The van der Waals surface area contributed by atoms with Crippen LogP contribution >= 0.6 is 0 Å². The number of carbonyl (C=O) groups excluding carboxylic acids is 2. The van der Waals surface area contributed by atoms with E-state index < -0.39 is 0 Å². The summed E-state index contributed by atoms with van der Waals surface area (Å²) in [5.41, 5.74) is 1.86. The third-order valence-corrected chi connectivity index (χ3v) is 5.63. The Kier molecular flexibility index (Phi) is 6.49. The number of hydrogen-bond donors (Lipinski definition) is 0. The van der Waals surface area contributed by atoms with Crippen LogP contribution < -0.4 is 4.74 Å². The van der Waals surface area contributed by atoms with Gasteiger partial charge >= 0.3 is 0 Å². The number of carbonyl (C=O) groups is 2. The van der Waals surface area contributed by atoms with Gasteiger partial charge in [-0.05, 0) is 29.8 Å². The zero-order valence-corrected chi connectivity index (χ0v) is 18.2. The lowest BCUT2D eigenvalue weighted by molar-refractivity contribution is -0.134. The summed E-state index contributed by atoms with van der Waals surface area (Å²) in [6.07, 6.45) is 0.717. The maximum Gasteiger partial charge on any atom is 0.257 e. The van der Waals surface area contributed by atoms with Crippen molar-refractivity contribution < 1.29 is 18.8 Å². The third-order valence-electron chi connectivity index (χ3n) is 5.63. The standard InChI is InChI=1S/C24H26N4O4/c1-27(13-12-21-25-23(32-26-21)18-6-4-3-5-7-18)24(30)19-14-22(29)28(16-19)15-17-8-10-20(31-2)11-9-17/h3-11,19H,12-16H2,1-2H3. The van der Waals surface area contributed by atoms with Crippen molar-refractivity contribution in [2.75, 3.05) is 27.2 Å². The smallest absolute Gasteiger partial charge is 0.257 e. The molecule has 2 amide bonds. The van der Waals surface area contributed by atoms with Crippen molar-refractivity contribution in [2.24, 2.45) is 5.92 Å². The van der Waals surface area contributed by atoms with Crippen molar-refractivity contribution in [1.82, 2.24) is 19.9 Å². The number of benzene rings is 2. The molecule has 4 rings (SSSR count). The number of aromatic nitrogens is 2. The molecule has 1 saturated heterocycles. The lowest BCUT2D eigenvalue weighted by Crippen LogP contribution is -2.36. The van der Waals surface area contributed by atoms with Gasteiger partial charge in [-0.2, -0.15) is 4.98 Å². The first-order chi connectivity index (χ1) is 15.5. The minimum atomic E-state index is -0.337. The average molecular weight is 434 g/mol. The summed E-state index contributed by atoms with van der Waals surface area (Å²) >= 11 is 0. The van der Waals surface area contributed by atoms with Gasteiger partial charge in [-0.3, -0.25) is 9.59 Å². The molecular weight excluding hydrogens is 408 g/mol. The Hall–Kier alpha value is -3.68. The molecule has 1 atom stereocenters. The molecule has 1 fully saturated rings. The van der Waals surface area contributed by atoms with Gasteiger partial charge in [-0.15, -0.1) is 0 Å². The molecule has 1 aromatic heterocycles. The van der Waals surface area contributed by atoms with Gasteiger partial charge in [0.15, 0.2) is 5.82 Å². The van der Waals surface area contributed by atoms with Crippen LogP contribution in [0.15, 0.2) is 59.1 Å². The first kappa shape index (κ1) is 21.5. The predicted octanol–water partition coefficient (Wildman–Crippen LogP) is 2.79. The zero-order valence-electron chi connectivity index (χ0n) is 18.2. The van der Waals surface area contributed by atoms with E-state index in [2.05, 4.69) is 10.1 Å². The molecule has 1 aliphatic heterocycles. The van der Waals surface area contributed by atoms with Gasteiger partial charge in [-0.1, -0.05) is 35.5 Å². The molecule has 2 heterocycles. The first-order valence-electron chi connectivity index (χ1n) is 10.6. The average Bonchev–Trinajstić information content (AvgIpc) is 3.45. The fourth-order valence-corrected chi connectivity index (χ4v) is 3.78. The maximum atomic E-state index is 12.9. The van der Waals surface area contributed by atoms with Crippen molar-refractivity contribution in [3.05, 3.63) is 66.0 Å². The second kappa shape index (κ2) is 9.64. The predicted molar refractivity (Wildman–Crippen MR) is 118 cm³/mol. The Morgan fingerprint density at radius 3 is 2.66 bits per heavy atom. The number of nitrogens with zero attached hydrogens (tertiary/aromatic N) is 4. The summed E-state index contributed by atoms with van der Waals surface area (Å²) in [5, 5.41) is 4.01. The Labute approximate surface area is 186 Å². The molecule has 0 radical (unpaired) electrons. The molecule has 1 unspecified atom stereocenters. The van der Waals surface area contributed by atoms with Crippen LogP contribution in [0, 0.1) is 5.92 Å². The largest absolute Gasteiger partial charge is 0.497 e. The number of amides is 2. The quantitative estimate of drug-likeness (QED) is 0.542. The molecule has 3 aromatic rings. The summed E-state index contributed by atoms with van der Waals surface area (Å²) in [6, 6.07) is 17.2. The molecule has 0 aliphatic carbocycles. The van der Waals surface area contributed by atoms with Crippen molar-refractivity contribution in [1.29, 1.82) is 0 Å². The normalized spacial score (nSPS) is 15.8. The zero-order chi connectivity index (χ0) is 22.5. The molecule has 0 bridgehead atoms. The van der Waals surface area contributed by atoms with Gasteiger partial charge < -0.3 is 19.1 Å². The minimum Gasteiger partial charge on any atom is -0.497 e. The highest BCUT2D eigenvalue weighted by Crippen LogP contribution is 2.23. The minimum absolute atomic E-state index is 0.00163. The second-order valence-corrected chi connectivity index (χ2v) is 7.91. The molecule has 0 saturated carbocycles. The number of rotatable bonds is 8. The van der Waals surface area contributed by atoms with Crippen LogP contribution in [0.3, 0.4) is 0 Å². The molecule has 8 nitrogen and oxygen atoms in total. The topological polar surface area (TPSA) is 88.8 Å². The SMILES string of the molecule is COc1ccc(CN2CC(C(=O)N(C)CCc3noc(-c4ccccc4)n3)CC2=O)cc1. The van der Waals surface area contributed by atoms with Crippen molar-refractivity contribution >= 4 is 11.8 Å². The van der Waals surface area contributed by atoms with Crippen molar-refractivity contribution in [2.45, 2.75) is 19.4 Å². The Morgan fingerprint density at radius 1 is 1.19 bits per heavy atom. The van der Waals surface area contributed by atoms with Crippen LogP contribution in [0.4, 0.5) is 0 Å². The summed E-state index contributed by atoms with van der Waals surface area (Å²) < 4.78 is 10.5. The van der Waals surface area contributed by atoms with Crippen LogP contribution in [0.5, 0.6) is 5.75 Å². The highest BCUT2D eigenvalue weighted by Gasteiger charge is 2.35. The first-order valence-corrected chi connectivity index (χ1v) is 10.6. The van der Waals surface area contributed by atoms with Gasteiger partial charge in [0.1, 0.15) is 5.75 Å². The lowest BCUT2D eigenvalue weighted by Gasteiger charge is -2.21. The number of likely N-dealkylation sites (tertiary alicyclic amines) is 1. The highest BCUT2D eigenvalue weighted by molar-refractivity contribution is 5.89. The molecule has 0 N–H and O–H groups in total. The van der Waals surface area contributed by atoms with Crippen LogP contribution in [-0.2, 0) is 22.6 Å². The molecule has 1 aliphatic rings. The molecule has 166 valence electrons. The van der Waals surface area contributed by atoms with E-state index in [9.17, 15) is 9.59 Å². The summed E-state index contributed by atoms with van der Waals surface area (Å²) in [4.78, 5) is 33.1. The number of ether oxygens (including phenoxy) is 1. The maximum absolute atomic E-state index is 12.9. The van der Waals surface area contributed by atoms with Gasteiger partial charge in [0, 0.05) is 45.1 Å². The summed E-state index contributed by atoms with van der Waals surface area (Å²) in [5.74, 6) is 1.41. The van der Waals surface area contributed by atoms with Gasteiger partial charge in [-0.25, -0.2) is 0 Å².